The van der Waals surface area contributed by atoms with Crippen molar-refractivity contribution in [3.05, 3.63) is 113 Å². The monoisotopic (exact) mass is 672 g/mol. The summed E-state index contributed by atoms with van der Waals surface area (Å²) >= 11 is 1.15. The lowest BCUT2D eigenvalue weighted by molar-refractivity contribution is -0.165. The zero-order chi connectivity index (χ0) is 34.2. The van der Waals surface area contributed by atoms with Gasteiger partial charge in [-0.05, 0) is 28.7 Å². The number of nitrogens with one attached hydrogen (secondary N) is 1. The average molecular weight is 673 g/mol. The van der Waals surface area contributed by atoms with Gasteiger partial charge in [0, 0.05) is 18.1 Å². The number of amides is 2. The van der Waals surface area contributed by atoms with Crippen LogP contribution < -0.4 is 10.1 Å². The minimum atomic E-state index is -1.48. The Labute approximate surface area is 280 Å². The number of methoxy groups -OCH3 is 1. The van der Waals surface area contributed by atoms with Crippen molar-refractivity contribution >= 4 is 47.3 Å². The van der Waals surface area contributed by atoms with E-state index in [0.717, 1.165) is 11.8 Å². The first-order chi connectivity index (χ1) is 23.2. The number of fused-ring (bicyclic) bond motifs is 1. The Balaban J connectivity index is 1.30. The number of esters is 3. The van der Waals surface area contributed by atoms with Crippen LogP contribution in [0.15, 0.2) is 95.9 Å². The van der Waals surface area contributed by atoms with Gasteiger partial charge in [0.25, 0.3) is 0 Å². The molecule has 3 aromatic carbocycles. The summed E-state index contributed by atoms with van der Waals surface area (Å²) in [6, 6.07) is 21.0. The fraction of sp³-hybridized carbons (Fsp3) is 0.257. The van der Waals surface area contributed by atoms with Crippen LogP contribution in [-0.2, 0) is 44.8 Å². The maximum absolute atomic E-state index is 13.6. The normalized spacial score (nSPS) is 18.6. The van der Waals surface area contributed by atoms with Crippen molar-refractivity contribution in [2.24, 2.45) is 0 Å². The quantitative estimate of drug-likeness (QED) is 0.0936. The van der Waals surface area contributed by atoms with Gasteiger partial charge in [-0.1, -0.05) is 72.8 Å². The molecule has 1 saturated heterocycles. The number of ketones is 1. The van der Waals surface area contributed by atoms with Crippen molar-refractivity contribution < 1.29 is 47.7 Å². The molecule has 0 aromatic heterocycles. The molecule has 12 nitrogen and oxygen atoms in total. The molecule has 0 radical (unpaired) electrons. The number of hydrogen-bond acceptors (Lipinski definition) is 11. The van der Waals surface area contributed by atoms with Crippen LogP contribution in [0.2, 0.25) is 0 Å². The van der Waals surface area contributed by atoms with Crippen LogP contribution in [0.25, 0.3) is 0 Å². The molecule has 48 heavy (non-hydrogen) atoms. The van der Waals surface area contributed by atoms with Gasteiger partial charge < -0.3 is 29.2 Å². The Morgan fingerprint density at radius 1 is 0.854 bits per heavy atom. The summed E-state index contributed by atoms with van der Waals surface area (Å²) in [6.45, 7) is 0.308. The molecular weight excluding hydrogens is 640 g/mol. The van der Waals surface area contributed by atoms with Crippen molar-refractivity contribution in [1.82, 2.24) is 10.2 Å². The van der Waals surface area contributed by atoms with E-state index in [0.29, 0.717) is 28.0 Å². The predicted molar refractivity (Wildman–Crippen MR) is 172 cm³/mol. The number of β-lactam (4-membered cyclic amide) rings is 1. The van der Waals surface area contributed by atoms with E-state index in [1.54, 1.807) is 90.3 Å². The van der Waals surface area contributed by atoms with Crippen molar-refractivity contribution in [2.75, 3.05) is 20.3 Å². The van der Waals surface area contributed by atoms with Crippen molar-refractivity contribution in [2.45, 2.75) is 36.9 Å². The number of ether oxygens (including phenoxy) is 4. The van der Waals surface area contributed by atoms with Gasteiger partial charge in [0.15, 0.2) is 24.3 Å². The molecule has 5 rings (SSSR count). The van der Waals surface area contributed by atoms with E-state index >= 15 is 0 Å². The zero-order valence-electron chi connectivity index (χ0n) is 26.0. The minimum Gasteiger partial charge on any atom is -0.497 e. The molecule has 3 unspecified atom stereocenters. The SMILES string of the molecule is COc1ccc(COC(=O)C2C(COC(C)=O)=CS[C@@H]3C(NC(=O)C(C(=O)OCC(=O)c4ccccc4)c4ccccc4)C(=O)N23)cc1. The van der Waals surface area contributed by atoms with E-state index in [4.69, 9.17) is 18.9 Å². The first kappa shape index (κ1) is 33.9. The lowest BCUT2D eigenvalue weighted by atomic mass is 9.95. The van der Waals surface area contributed by atoms with Crippen LogP contribution in [0.1, 0.15) is 34.3 Å². The first-order valence-electron chi connectivity index (χ1n) is 14.9. The third kappa shape index (κ3) is 7.74. The highest BCUT2D eigenvalue weighted by Crippen LogP contribution is 2.41. The molecule has 0 saturated carbocycles. The topological polar surface area (TPSA) is 155 Å². The summed E-state index contributed by atoms with van der Waals surface area (Å²) in [5.41, 5.74) is 1.66. The molecule has 248 valence electrons. The number of Topliss-reactive ketones (excluding diaryl/α,β-unsaturated/α-hetero) is 1. The van der Waals surface area contributed by atoms with Gasteiger partial charge in [0.1, 0.15) is 30.4 Å². The van der Waals surface area contributed by atoms with E-state index in [1.807, 2.05) is 0 Å². The molecule has 0 spiro atoms. The summed E-state index contributed by atoms with van der Waals surface area (Å²) in [5.74, 6) is -4.99. The molecule has 13 heteroatoms. The van der Waals surface area contributed by atoms with Crippen LogP contribution in [0, 0.1) is 0 Å². The molecule has 2 aliphatic rings. The Bertz CT molecular complexity index is 1710. The molecule has 0 aliphatic carbocycles. The van der Waals surface area contributed by atoms with E-state index in [-0.39, 0.29) is 13.2 Å². The standard InChI is InChI=1S/C35H32N2O10S/c1-21(38)45-18-25-20-48-33-29(32(41)37(33)30(25)35(43)46-17-22-13-15-26(44-2)16-14-22)36-31(40)28(24-11-7-4-8-12-24)34(42)47-19-27(39)23-9-5-3-6-10-23/h3-16,20,28-30,33H,17-19H2,1-2H3,(H,36,40)/t28?,29?,30?,33-/m1/s1. The van der Waals surface area contributed by atoms with Crippen molar-refractivity contribution in [1.29, 1.82) is 0 Å². The molecule has 1 fully saturated rings. The number of nitrogens with zero attached hydrogens (tertiary/aromatic N) is 1. The smallest absolute Gasteiger partial charge is 0.333 e. The number of benzene rings is 3. The third-order valence-corrected chi connectivity index (χ3v) is 8.86. The zero-order valence-corrected chi connectivity index (χ0v) is 26.8. The summed E-state index contributed by atoms with van der Waals surface area (Å²) in [4.78, 5) is 79.2. The van der Waals surface area contributed by atoms with E-state index in [2.05, 4.69) is 5.32 Å². The Hall–Kier alpha value is -5.43. The lowest BCUT2D eigenvalue weighted by Crippen LogP contribution is -2.74. The Morgan fingerprint density at radius 2 is 1.52 bits per heavy atom. The maximum atomic E-state index is 13.6. The molecule has 3 aromatic rings. The molecule has 2 heterocycles. The minimum absolute atomic E-state index is 0.0895. The van der Waals surface area contributed by atoms with Gasteiger partial charge in [-0.3, -0.25) is 24.0 Å². The molecule has 2 amide bonds. The molecule has 2 aliphatic heterocycles. The average Bonchev–Trinajstić information content (AvgIpc) is 3.11. The molecule has 4 atom stereocenters. The first-order valence-corrected chi connectivity index (χ1v) is 15.8. The van der Waals surface area contributed by atoms with Gasteiger partial charge >= 0.3 is 17.9 Å². The summed E-state index contributed by atoms with van der Waals surface area (Å²) in [7, 11) is 1.53. The van der Waals surface area contributed by atoms with Crippen LogP contribution in [0.4, 0.5) is 0 Å². The van der Waals surface area contributed by atoms with Gasteiger partial charge in [-0.25, -0.2) is 4.79 Å². The van der Waals surface area contributed by atoms with Crippen molar-refractivity contribution in [3.8, 4) is 5.75 Å². The fourth-order valence-corrected chi connectivity index (χ4v) is 6.37. The predicted octanol–water partition coefficient (Wildman–Crippen LogP) is 3.16. The highest BCUT2D eigenvalue weighted by molar-refractivity contribution is 8.03. The van der Waals surface area contributed by atoms with Crippen LogP contribution in [0.5, 0.6) is 5.75 Å². The number of hydrogen-bond donors (Lipinski definition) is 1. The maximum Gasteiger partial charge on any atom is 0.333 e. The van der Waals surface area contributed by atoms with Gasteiger partial charge in [-0.15, -0.1) is 11.8 Å². The number of carbonyl (C=O) groups is 6. The summed E-state index contributed by atoms with van der Waals surface area (Å²) < 4.78 is 21.1. The van der Waals surface area contributed by atoms with E-state index in [9.17, 15) is 28.8 Å². The largest absolute Gasteiger partial charge is 0.497 e. The summed E-state index contributed by atoms with van der Waals surface area (Å²) in [5, 5.41) is 3.52. The highest BCUT2D eigenvalue weighted by Gasteiger charge is 2.57. The summed E-state index contributed by atoms with van der Waals surface area (Å²) in [6.07, 6.45) is 0. The van der Waals surface area contributed by atoms with Crippen molar-refractivity contribution in [3.63, 3.8) is 0 Å². The van der Waals surface area contributed by atoms with Gasteiger partial charge in [-0.2, -0.15) is 0 Å². The Kier molecular flexibility index (Phi) is 10.9. The molecular formula is C35H32N2O10S. The highest BCUT2D eigenvalue weighted by atomic mass is 32.2. The number of rotatable bonds is 13. The number of carbonyl (C=O) groups excluding carboxylic acids is 6. The van der Waals surface area contributed by atoms with E-state index in [1.165, 1.54) is 18.9 Å². The van der Waals surface area contributed by atoms with E-state index < -0.39 is 65.5 Å². The van der Waals surface area contributed by atoms with Crippen LogP contribution >= 0.6 is 11.8 Å². The fourth-order valence-electron chi connectivity index (χ4n) is 5.16. The van der Waals surface area contributed by atoms with Gasteiger partial charge in [0.05, 0.1) is 7.11 Å². The lowest BCUT2D eigenvalue weighted by Gasteiger charge is -2.51. The molecule has 1 N–H and O–H groups in total. The second-order valence-corrected chi connectivity index (χ2v) is 11.8. The second-order valence-electron chi connectivity index (χ2n) is 10.8. The third-order valence-electron chi connectivity index (χ3n) is 7.64. The van der Waals surface area contributed by atoms with Crippen LogP contribution in [-0.4, -0.2) is 78.2 Å². The van der Waals surface area contributed by atoms with Gasteiger partial charge in [0.2, 0.25) is 11.8 Å². The Morgan fingerprint density at radius 3 is 2.17 bits per heavy atom. The number of thioether (sulfide) groups is 1. The molecule has 0 bridgehead atoms. The van der Waals surface area contributed by atoms with Crippen LogP contribution in [0.3, 0.4) is 0 Å². The second kappa shape index (κ2) is 15.4.